The van der Waals surface area contributed by atoms with E-state index in [0.29, 0.717) is 0 Å². The molecule has 0 bridgehead atoms. The third-order valence-corrected chi connectivity index (χ3v) is 4.29. The number of morpholine rings is 1. The standard InChI is InChI=1S/C14H25N3OS/c1-14(2,3)13-11(9-15-4)19-12(16-13)10-17-5-7-18-8-6-17/h15H,5-10H2,1-4H3. The summed E-state index contributed by atoms with van der Waals surface area (Å²) >= 11 is 1.85. The molecule has 0 radical (unpaired) electrons. The molecule has 1 saturated heterocycles. The highest BCUT2D eigenvalue weighted by atomic mass is 32.1. The van der Waals surface area contributed by atoms with E-state index in [1.54, 1.807) is 0 Å². The van der Waals surface area contributed by atoms with Crippen LogP contribution in [-0.4, -0.2) is 43.2 Å². The molecule has 1 N–H and O–H groups in total. The van der Waals surface area contributed by atoms with Crippen molar-refractivity contribution < 1.29 is 4.74 Å². The monoisotopic (exact) mass is 283 g/mol. The third-order valence-electron chi connectivity index (χ3n) is 3.25. The molecule has 19 heavy (non-hydrogen) atoms. The third kappa shape index (κ3) is 3.99. The van der Waals surface area contributed by atoms with Gasteiger partial charge in [-0.25, -0.2) is 4.98 Å². The topological polar surface area (TPSA) is 37.4 Å². The quantitative estimate of drug-likeness (QED) is 0.917. The van der Waals surface area contributed by atoms with Gasteiger partial charge in [0.25, 0.3) is 0 Å². The molecule has 5 heteroatoms. The van der Waals surface area contributed by atoms with Gasteiger partial charge >= 0.3 is 0 Å². The van der Waals surface area contributed by atoms with Gasteiger partial charge in [-0.3, -0.25) is 4.90 Å². The molecule has 0 aromatic carbocycles. The summed E-state index contributed by atoms with van der Waals surface area (Å²) in [6.45, 7) is 12.3. The summed E-state index contributed by atoms with van der Waals surface area (Å²) in [7, 11) is 1.99. The van der Waals surface area contributed by atoms with Crippen molar-refractivity contribution in [2.75, 3.05) is 33.4 Å². The molecule has 2 heterocycles. The van der Waals surface area contributed by atoms with Crippen LogP contribution in [0.2, 0.25) is 0 Å². The second-order valence-corrected chi connectivity index (χ2v) is 7.22. The summed E-state index contributed by atoms with van der Waals surface area (Å²) in [5, 5.41) is 4.48. The van der Waals surface area contributed by atoms with E-state index in [-0.39, 0.29) is 5.41 Å². The van der Waals surface area contributed by atoms with Gasteiger partial charge in [0.2, 0.25) is 0 Å². The number of nitrogens with one attached hydrogen (secondary N) is 1. The maximum atomic E-state index is 5.39. The molecule has 2 rings (SSSR count). The highest BCUT2D eigenvalue weighted by molar-refractivity contribution is 7.11. The second-order valence-electron chi connectivity index (χ2n) is 6.05. The fourth-order valence-electron chi connectivity index (χ4n) is 2.28. The van der Waals surface area contributed by atoms with Crippen LogP contribution < -0.4 is 5.32 Å². The van der Waals surface area contributed by atoms with Crippen molar-refractivity contribution in [3.05, 3.63) is 15.6 Å². The van der Waals surface area contributed by atoms with Crippen molar-refractivity contribution in [2.24, 2.45) is 0 Å². The number of thiazole rings is 1. The van der Waals surface area contributed by atoms with Crippen LogP contribution in [0.1, 0.15) is 36.3 Å². The Morgan fingerprint density at radius 1 is 1.32 bits per heavy atom. The van der Waals surface area contributed by atoms with Gasteiger partial charge < -0.3 is 10.1 Å². The van der Waals surface area contributed by atoms with Crippen LogP contribution in [-0.2, 0) is 23.2 Å². The molecule has 0 aliphatic carbocycles. The molecule has 1 aliphatic rings. The van der Waals surface area contributed by atoms with Crippen molar-refractivity contribution in [1.29, 1.82) is 0 Å². The highest BCUT2D eigenvalue weighted by Gasteiger charge is 2.23. The molecule has 0 atom stereocenters. The first kappa shape index (κ1) is 14.9. The van der Waals surface area contributed by atoms with Crippen molar-refractivity contribution in [2.45, 2.75) is 39.3 Å². The minimum Gasteiger partial charge on any atom is -0.379 e. The number of hydrogen-bond acceptors (Lipinski definition) is 5. The average molecular weight is 283 g/mol. The Balaban J connectivity index is 2.12. The van der Waals surface area contributed by atoms with Crippen molar-refractivity contribution >= 4 is 11.3 Å². The summed E-state index contributed by atoms with van der Waals surface area (Å²) in [6, 6.07) is 0. The van der Waals surface area contributed by atoms with Crippen LogP contribution >= 0.6 is 11.3 Å². The summed E-state index contributed by atoms with van der Waals surface area (Å²) < 4.78 is 5.39. The smallest absolute Gasteiger partial charge is 0.107 e. The van der Waals surface area contributed by atoms with Crippen molar-refractivity contribution in [1.82, 2.24) is 15.2 Å². The van der Waals surface area contributed by atoms with E-state index in [2.05, 4.69) is 31.0 Å². The summed E-state index contributed by atoms with van der Waals surface area (Å²) in [5.74, 6) is 0. The molecule has 0 saturated carbocycles. The van der Waals surface area contributed by atoms with Gasteiger partial charge in [-0.05, 0) is 7.05 Å². The van der Waals surface area contributed by atoms with Crippen molar-refractivity contribution in [3.63, 3.8) is 0 Å². The minimum atomic E-state index is 0.117. The number of nitrogens with zero attached hydrogens (tertiary/aromatic N) is 2. The summed E-state index contributed by atoms with van der Waals surface area (Å²) in [5.41, 5.74) is 1.36. The van der Waals surface area contributed by atoms with Crippen LogP contribution in [0.3, 0.4) is 0 Å². The fraction of sp³-hybridized carbons (Fsp3) is 0.786. The van der Waals surface area contributed by atoms with Crippen molar-refractivity contribution in [3.8, 4) is 0 Å². The van der Waals surface area contributed by atoms with Crippen LogP contribution in [0.4, 0.5) is 0 Å². The van der Waals surface area contributed by atoms with Gasteiger partial charge in [-0.1, -0.05) is 20.8 Å². The molecule has 0 unspecified atom stereocenters. The molecular formula is C14H25N3OS. The van der Waals surface area contributed by atoms with Gasteiger partial charge in [0.15, 0.2) is 0 Å². The Bertz CT molecular complexity index is 405. The Kier molecular flexibility index (Phi) is 4.95. The Labute approximate surface area is 120 Å². The molecule has 108 valence electrons. The van der Waals surface area contributed by atoms with Gasteiger partial charge in [-0.2, -0.15) is 0 Å². The fourth-order valence-corrected chi connectivity index (χ4v) is 3.62. The Morgan fingerprint density at radius 3 is 2.58 bits per heavy atom. The maximum absolute atomic E-state index is 5.39. The SMILES string of the molecule is CNCc1sc(CN2CCOCC2)nc1C(C)(C)C. The molecule has 1 fully saturated rings. The zero-order chi connectivity index (χ0) is 13.9. The van der Waals surface area contributed by atoms with E-state index in [0.717, 1.165) is 39.4 Å². The average Bonchev–Trinajstić information content (AvgIpc) is 2.74. The molecule has 0 spiro atoms. The number of hydrogen-bond donors (Lipinski definition) is 1. The zero-order valence-corrected chi connectivity index (χ0v) is 13.3. The van der Waals surface area contributed by atoms with Gasteiger partial charge in [0, 0.05) is 29.9 Å². The van der Waals surface area contributed by atoms with Crippen LogP contribution in [0.25, 0.3) is 0 Å². The lowest BCUT2D eigenvalue weighted by molar-refractivity contribution is 0.0341. The van der Waals surface area contributed by atoms with E-state index in [4.69, 9.17) is 9.72 Å². The largest absolute Gasteiger partial charge is 0.379 e. The number of ether oxygens (including phenoxy) is 1. The zero-order valence-electron chi connectivity index (χ0n) is 12.5. The molecule has 1 aromatic rings. The molecular weight excluding hydrogens is 258 g/mol. The van der Waals surface area contributed by atoms with E-state index in [9.17, 15) is 0 Å². The molecule has 4 nitrogen and oxygen atoms in total. The van der Waals surface area contributed by atoms with E-state index < -0.39 is 0 Å². The van der Waals surface area contributed by atoms with Crippen LogP contribution in [0, 0.1) is 0 Å². The minimum absolute atomic E-state index is 0.117. The predicted molar refractivity (Wildman–Crippen MR) is 79.7 cm³/mol. The molecule has 1 aromatic heterocycles. The van der Waals surface area contributed by atoms with Gasteiger partial charge in [-0.15, -0.1) is 11.3 Å². The molecule has 1 aliphatic heterocycles. The maximum Gasteiger partial charge on any atom is 0.107 e. The Morgan fingerprint density at radius 2 is 2.00 bits per heavy atom. The number of rotatable bonds is 4. The van der Waals surface area contributed by atoms with Gasteiger partial charge in [0.1, 0.15) is 5.01 Å². The van der Waals surface area contributed by atoms with Gasteiger partial charge in [0.05, 0.1) is 25.5 Å². The van der Waals surface area contributed by atoms with E-state index >= 15 is 0 Å². The molecule has 0 amide bonds. The lowest BCUT2D eigenvalue weighted by atomic mass is 9.91. The lowest BCUT2D eigenvalue weighted by Crippen LogP contribution is -2.35. The first-order valence-corrected chi connectivity index (χ1v) is 7.76. The summed E-state index contributed by atoms with van der Waals surface area (Å²) in [4.78, 5) is 8.69. The summed E-state index contributed by atoms with van der Waals surface area (Å²) in [6.07, 6.45) is 0. The van der Waals surface area contributed by atoms with E-state index in [1.807, 2.05) is 18.4 Å². The van der Waals surface area contributed by atoms with Crippen LogP contribution in [0.15, 0.2) is 0 Å². The highest BCUT2D eigenvalue weighted by Crippen LogP contribution is 2.30. The first-order chi connectivity index (χ1) is 9.00. The normalized spacial score (nSPS) is 17.9. The van der Waals surface area contributed by atoms with Crippen LogP contribution in [0.5, 0.6) is 0 Å². The second kappa shape index (κ2) is 6.31. The van der Waals surface area contributed by atoms with E-state index in [1.165, 1.54) is 15.6 Å². The number of aromatic nitrogens is 1. The Hall–Kier alpha value is -0.490. The first-order valence-electron chi connectivity index (χ1n) is 6.94. The lowest BCUT2D eigenvalue weighted by Gasteiger charge is -2.25. The predicted octanol–water partition coefficient (Wildman–Crippen LogP) is 1.99.